The fraction of sp³-hybridized carbons (Fsp3) is 0.818. The zero-order valence-corrected chi connectivity index (χ0v) is 9.34. The van der Waals surface area contributed by atoms with Gasteiger partial charge in [-0.05, 0) is 19.8 Å². The van der Waals surface area contributed by atoms with Crippen molar-refractivity contribution in [1.82, 2.24) is 0 Å². The van der Waals surface area contributed by atoms with Crippen molar-refractivity contribution in [3.63, 3.8) is 0 Å². The van der Waals surface area contributed by atoms with Crippen LogP contribution in [0.4, 0.5) is 0 Å². The lowest BCUT2D eigenvalue weighted by Gasteiger charge is -2.06. The molecular weight excluding hydrogens is 180 g/mol. The Kier molecular flexibility index (Phi) is 7.07. The molecule has 0 saturated heterocycles. The first-order chi connectivity index (χ1) is 6.57. The maximum atomic E-state index is 10.9. The van der Waals surface area contributed by atoms with Gasteiger partial charge in [0, 0.05) is 12.3 Å². The van der Waals surface area contributed by atoms with Gasteiger partial charge in [0.2, 0.25) is 0 Å². The highest BCUT2D eigenvalue weighted by Gasteiger charge is 2.06. The minimum Gasteiger partial charge on any atom is -0.469 e. The Hall–Kier alpha value is -0.860. The van der Waals surface area contributed by atoms with Crippen LogP contribution < -0.4 is 0 Å². The van der Waals surface area contributed by atoms with Crippen LogP contribution in [0, 0.1) is 5.92 Å². The summed E-state index contributed by atoms with van der Waals surface area (Å²) in [6.45, 7) is 3.57. The first-order valence-corrected chi connectivity index (χ1v) is 5.15. The van der Waals surface area contributed by atoms with Crippen molar-refractivity contribution < 1.29 is 14.3 Å². The summed E-state index contributed by atoms with van der Waals surface area (Å²) in [4.78, 5) is 21.6. The number of hydrogen-bond donors (Lipinski definition) is 0. The number of ether oxygens (including phenoxy) is 1. The molecule has 0 aromatic heterocycles. The second kappa shape index (κ2) is 7.54. The molecule has 82 valence electrons. The Morgan fingerprint density at radius 1 is 1.21 bits per heavy atom. The quantitative estimate of drug-likeness (QED) is 0.468. The molecule has 0 saturated carbocycles. The van der Waals surface area contributed by atoms with E-state index >= 15 is 0 Å². The molecule has 1 atom stereocenters. The number of unbranched alkanes of at least 4 members (excludes halogenated alkanes) is 2. The molecule has 0 aliphatic heterocycles. The molecule has 0 N–H and O–H groups in total. The molecule has 14 heavy (non-hydrogen) atoms. The predicted octanol–water partition coefficient (Wildman–Crippen LogP) is 2.33. The molecule has 0 radical (unpaired) electrons. The van der Waals surface area contributed by atoms with Crippen molar-refractivity contribution >= 4 is 11.8 Å². The van der Waals surface area contributed by atoms with E-state index < -0.39 is 0 Å². The van der Waals surface area contributed by atoms with Crippen molar-refractivity contribution in [2.45, 2.75) is 46.0 Å². The van der Waals surface area contributed by atoms with Gasteiger partial charge in [-0.1, -0.05) is 19.8 Å². The molecule has 0 aliphatic rings. The number of esters is 1. The second-order valence-electron chi connectivity index (χ2n) is 3.69. The second-order valence-corrected chi connectivity index (χ2v) is 3.69. The van der Waals surface area contributed by atoms with E-state index in [2.05, 4.69) is 4.74 Å². The third-order valence-corrected chi connectivity index (χ3v) is 2.44. The van der Waals surface area contributed by atoms with Crippen LogP contribution in [0.25, 0.3) is 0 Å². The van der Waals surface area contributed by atoms with Gasteiger partial charge < -0.3 is 4.74 Å². The fourth-order valence-corrected chi connectivity index (χ4v) is 1.20. The summed E-state index contributed by atoms with van der Waals surface area (Å²) < 4.78 is 4.52. The summed E-state index contributed by atoms with van der Waals surface area (Å²) in [5.41, 5.74) is 0. The molecule has 0 rings (SSSR count). The molecule has 3 nitrogen and oxygen atoms in total. The lowest BCUT2D eigenvalue weighted by atomic mass is 9.99. The SMILES string of the molecule is COC(=O)CCCCCC(C)C(C)=O. The van der Waals surface area contributed by atoms with Crippen LogP contribution in [-0.2, 0) is 14.3 Å². The zero-order chi connectivity index (χ0) is 11.0. The van der Waals surface area contributed by atoms with Crippen LogP contribution in [0.1, 0.15) is 46.0 Å². The smallest absolute Gasteiger partial charge is 0.305 e. The van der Waals surface area contributed by atoms with Crippen LogP contribution >= 0.6 is 0 Å². The van der Waals surface area contributed by atoms with Gasteiger partial charge in [0.15, 0.2) is 0 Å². The Bertz CT molecular complexity index is 187. The molecule has 0 bridgehead atoms. The van der Waals surface area contributed by atoms with E-state index in [1.807, 2.05) is 6.92 Å². The van der Waals surface area contributed by atoms with Crippen LogP contribution in [0.2, 0.25) is 0 Å². The zero-order valence-electron chi connectivity index (χ0n) is 9.34. The van der Waals surface area contributed by atoms with Gasteiger partial charge in [0.25, 0.3) is 0 Å². The molecule has 0 amide bonds. The molecule has 3 heteroatoms. The highest BCUT2D eigenvalue weighted by molar-refractivity contribution is 5.77. The topological polar surface area (TPSA) is 43.4 Å². The number of methoxy groups -OCH3 is 1. The number of hydrogen-bond acceptors (Lipinski definition) is 3. The summed E-state index contributed by atoms with van der Waals surface area (Å²) in [7, 11) is 1.40. The van der Waals surface area contributed by atoms with Crippen molar-refractivity contribution in [3.05, 3.63) is 0 Å². The molecule has 0 aromatic carbocycles. The molecule has 0 spiro atoms. The van der Waals surface area contributed by atoms with E-state index in [9.17, 15) is 9.59 Å². The summed E-state index contributed by atoms with van der Waals surface area (Å²) >= 11 is 0. The minimum absolute atomic E-state index is 0.149. The first kappa shape index (κ1) is 13.1. The third kappa shape index (κ3) is 6.63. The van der Waals surface area contributed by atoms with E-state index in [0.29, 0.717) is 6.42 Å². The standard InChI is InChI=1S/C11H20O3/c1-9(10(2)12)7-5-4-6-8-11(13)14-3/h9H,4-8H2,1-3H3. The molecule has 0 aromatic rings. The Morgan fingerprint density at radius 2 is 1.86 bits per heavy atom. The van der Waals surface area contributed by atoms with Gasteiger partial charge in [0.1, 0.15) is 5.78 Å². The monoisotopic (exact) mass is 200 g/mol. The lowest BCUT2D eigenvalue weighted by Crippen LogP contribution is -2.06. The highest BCUT2D eigenvalue weighted by Crippen LogP contribution is 2.11. The van der Waals surface area contributed by atoms with Crippen molar-refractivity contribution in [3.8, 4) is 0 Å². The molecule has 0 aliphatic carbocycles. The number of carbonyl (C=O) groups is 2. The van der Waals surface area contributed by atoms with E-state index in [1.165, 1.54) is 7.11 Å². The number of carbonyl (C=O) groups excluding carboxylic acids is 2. The van der Waals surface area contributed by atoms with Crippen molar-refractivity contribution in [2.75, 3.05) is 7.11 Å². The number of ketones is 1. The van der Waals surface area contributed by atoms with Gasteiger partial charge in [-0.25, -0.2) is 0 Å². The predicted molar refractivity (Wildman–Crippen MR) is 54.9 cm³/mol. The van der Waals surface area contributed by atoms with Crippen LogP contribution in [-0.4, -0.2) is 18.9 Å². The summed E-state index contributed by atoms with van der Waals surface area (Å²) in [6.07, 6.45) is 4.28. The lowest BCUT2D eigenvalue weighted by molar-refractivity contribution is -0.140. The number of rotatable bonds is 7. The summed E-state index contributed by atoms with van der Waals surface area (Å²) in [5.74, 6) is 0.260. The summed E-state index contributed by atoms with van der Waals surface area (Å²) in [6, 6.07) is 0. The van der Waals surface area contributed by atoms with Crippen LogP contribution in [0.15, 0.2) is 0 Å². The van der Waals surface area contributed by atoms with E-state index in [1.54, 1.807) is 6.92 Å². The normalized spacial score (nSPS) is 12.2. The first-order valence-electron chi connectivity index (χ1n) is 5.15. The van der Waals surface area contributed by atoms with Crippen molar-refractivity contribution in [1.29, 1.82) is 0 Å². The highest BCUT2D eigenvalue weighted by atomic mass is 16.5. The van der Waals surface area contributed by atoms with E-state index in [0.717, 1.165) is 25.7 Å². The van der Waals surface area contributed by atoms with Crippen LogP contribution in [0.5, 0.6) is 0 Å². The van der Waals surface area contributed by atoms with Gasteiger partial charge in [-0.15, -0.1) is 0 Å². The molecular formula is C11H20O3. The van der Waals surface area contributed by atoms with Crippen molar-refractivity contribution in [2.24, 2.45) is 5.92 Å². The Morgan fingerprint density at radius 3 is 2.36 bits per heavy atom. The summed E-state index contributed by atoms with van der Waals surface area (Å²) in [5, 5.41) is 0. The Balaban J connectivity index is 3.30. The van der Waals surface area contributed by atoms with E-state index in [-0.39, 0.29) is 17.7 Å². The average molecular weight is 200 g/mol. The van der Waals surface area contributed by atoms with Crippen LogP contribution in [0.3, 0.4) is 0 Å². The van der Waals surface area contributed by atoms with Gasteiger partial charge >= 0.3 is 5.97 Å². The molecule has 0 fully saturated rings. The van der Waals surface area contributed by atoms with Gasteiger partial charge in [-0.3, -0.25) is 9.59 Å². The van der Waals surface area contributed by atoms with Gasteiger partial charge in [-0.2, -0.15) is 0 Å². The minimum atomic E-state index is -0.149. The van der Waals surface area contributed by atoms with E-state index in [4.69, 9.17) is 0 Å². The Labute approximate surface area is 85.8 Å². The third-order valence-electron chi connectivity index (χ3n) is 2.44. The molecule has 1 unspecified atom stereocenters. The maximum Gasteiger partial charge on any atom is 0.305 e. The largest absolute Gasteiger partial charge is 0.469 e. The average Bonchev–Trinajstić information content (AvgIpc) is 2.16. The van der Waals surface area contributed by atoms with Gasteiger partial charge in [0.05, 0.1) is 7.11 Å². The fourth-order valence-electron chi connectivity index (χ4n) is 1.20. The number of Topliss-reactive ketones (excluding diaryl/α,β-unsaturated/α-hetero) is 1. The molecule has 0 heterocycles. The maximum absolute atomic E-state index is 10.9.